The van der Waals surface area contributed by atoms with Crippen LogP contribution in [0.15, 0.2) is 47.6 Å². The van der Waals surface area contributed by atoms with Crippen molar-refractivity contribution in [3.05, 3.63) is 69.2 Å². The molecule has 0 fully saturated rings. The van der Waals surface area contributed by atoms with Crippen LogP contribution in [0.1, 0.15) is 42.3 Å². The fourth-order valence-electron chi connectivity index (χ4n) is 2.20. The third-order valence-corrected chi connectivity index (χ3v) is 4.34. The quantitative estimate of drug-likeness (QED) is 0.578. The van der Waals surface area contributed by atoms with E-state index in [9.17, 15) is 9.59 Å². The second-order valence-corrected chi connectivity index (χ2v) is 7.81. The van der Waals surface area contributed by atoms with E-state index in [-0.39, 0.29) is 17.9 Å². The summed E-state index contributed by atoms with van der Waals surface area (Å²) in [7, 11) is 0. The normalized spacial score (nSPS) is 11.4. The van der Waals surface area contributed by atoms with Crippen LogP contribution in [0.3, 0.4) is 0 Å². The molecule has 0 heterocycles. The first-order chi connectivity index (χ1) is 12.7. The van der Waals surface area contributed by atoms with Crippen molar-refractivity contribution < 1.29 is 9.59 Å². The van der Waals surface area contributed by atoms with Gasteiger partial charge < -0.3 is 5.32 Å². The molecular weight excluding hydrogens is 385 g/mol. The third kappa shape index (κ3) is 6.38. The molecule has 2 N–H and O–H groups in total. The Hall–Kier alpha value is -2.37. The van der Waals surface area contributed by atoms with Crippen LogP contribution in [0.4, 0.5) is 0 Å². The number of amides is 2. The average molecular weight is 406 g/mol. The molecule has 0 aliphatic carbocycles. The maximum Gasteiger partial charge on any atom is 0.259 e. The second-order valence-electron chi connectivity index (χ2n) is 6.97. The van der Waals surface area contributed by atoms with Crippen LogP contribution in [0.25, 0.3) is 0 Å². The summed E-state index contributed by atoms with van der Waals surface area (Å²) in [6.07, 6.45) is 1.41. The maximum atomic E-state index is 12.1. The summed E-state index contributed by atoms with van der Waals surface area (Å²) < 4.78 is 0. The smallest absolute Gasteiger partial charge is 0.259 e. The fourth-order valence-corrected chi connectivity index (χ4v) is 2.66. The van der Waals surface area contributed by atoms with Crippen molar-refractivity contribution in [2.24, 2.45) is 5.10 Å². The number of carbonyl (C=O) groups is 2. The molecule has 0 aliphatic rings. The Morgan fingerprint density at radius 3 is 2.33 bits per heavy atom. The van der Waals surface area contributed by atoms with Gasteiger partial charge in [-0.05, 0) is 35.2 Å². The fraction of sp³-hybridized carbons (Fsp3) is 0.250. The van der Waals surface area contributed by atoms with Crippen molar-refractivity contribution in [3.8, 4) is 0 Å². The van der Waals surface area contributed by atoms with E-state index in [4.69, 9.17) is 23.2 Å². The molecule has 0 bridgehead atoms. The van der Waals surface area contributed by atoms with Crippen molar-refractivity contribution in [3.63, 3.8) is 0 Å². The Balaban J connectivity index is 1.84. The monoisotopic (exact) mass is 405 g/mol. The largest absolute Gasteiger partial charge is 0.343 e. The number of carbonyl (C=O) groups excluding carboxylic acids is 2. The van der Waals surface area contributed by atoms with Crippen LogP contribution in [0.5, 0.6) is 0 Å². The van der Waals surface area contributed by atoms with Crippen LogP contribution < -0.4 is 10.7 Å². The number of benzene rings is 2. The van der Waals surface area contributed by atoms with Crippen LogP contribution >= 0.6 is 23.2 Å². The van der Waals surface area contributed by atoms with E-state index in [0.717, 1.165) is 5.56 Å². The SMILES string of the molecule is CC(C)(C)c1ccc(C(=O)NCC(=O)N/N=C/c2ccc(Cl)cc2Cl)cc1. The van der Waals surface area contributed by atoms with Gasteiger partial charge in [-0.3, -0.25) is 9.59 Å². The molecule has 2 rings (SSSR count). The van der Waals surface area contributed by atoms with E-state index in [2.05, 4.69) is 36.6 Å². The Bertz CT molecular complexity index is 857. The third-order valence-electron chi connectivity index (χ3n) is 3.78. The Morgan fingerprint density at radius 1 is 1.07 bits per heavy atom. The lowest BCUT2D eigenvalue weighted by molar-refractivity contribution is -0.120. The molecule has 0 aromatic heterocycles. The van der Waals surface area contributed by atoms with Crippen LogP contribution in [0.2, 0.25) is 10.0 Å². The molecule has 5 nitrogen and oxygen atoms in total. The zero-order chi connectivity index (χ0) is 20.0. The minimum atomic E-state index is -0.448. The zero-order valence-corrected chi connectivity index (χ0v) is 16.9. The Kier molecular flexibility index (Phi) is 6.99. The summed E-state index contributed by atoms with van der Waals surface area (Å²) >= 11 is 11.8. The molecule has 0 aliphatic heterocycles. The van der Waals surface area contributed by atoms with E-state index in [1.54, 1.807) is 30.3 Å². The number of hydrogen-bond acceptors (Lipinski definition) is 3. The Labute approximate surface area is 168 Å². The van der Waals surface area contributed by atoms with Gasteiger partial charge in [0.2, 0.25) is 0 Å². The Morgan fingerprint density at radius 2 is 1.74 bits per heavy atom. The van der Waals surface area contributed by atoms with E-state index in [1.165, 1.54) is 6.21 Å². The van der Waals surface area contributed by atoms with Gasteiger partial charge in [0, 0.05) is 16.1 Å². The van der Waals surface area contributed by atoms with Crippen LogP contribution in [-0.4, -0.2) is 24.6 Å². The topological polar surface area (TPSA) is 70.6 Å². The van der Waals surface area contributed by atoms with Gasteiger partial charge in [-0.15, -0.1) is 0 Å². The van der Waals surface area contributed by atoms with Gasteiger partial charge in [0.05, 0.1) is 17.8 Å². The molecule has 2 aromatic rings. The first-order valence-electron chi connectivity index (χ1n) is 8.32. The number of rotatable bonds is 5. The molecule has 2 amide bonds. The first kappa shape index (κ1) is 20.9. The zero-order valence-electron chi connectivity index (χ0n) is 15.3. The van der Waals surface area contributed by atoms with Crippen molar-refractivity contribution in [1.82, 2.24) is 10.7 Å². The molecule has 0 spiro atoms. The van der Waals surface area contributed by atoms with Gasteiger partial charge in [-0.1, -0.05) is 62.2 Å². The molecule has 0 unspecified atom stereocenters. The molecule has 0 saturated carbocycles. The number of nitrogens with zero attached hydrogens (tertiary/aromatic N) is 1. The first-order valence-corrected chi connectivity index (χ1v) is 9.08. The van der Waals surface area contributed by atoms with E-state index < -0.39 is 5.91 Å². The molecule has 2 aromatic carbocycles. The lowest BCUT2D eigenvalue weighted by Crippen LogP contribution is -2.34. The highest BCUT2D eigenvalue weighted by Crippen LogP contribution is 2.22. The summed E-state index contributed by atoms with van der Waals surface area (Å²) in [6.45, 7) is 6.12. The van der Waals surface area contributed by atoms with Crippen molar-refractivity contribution in [2.45, 2.75) is 26.2 Å². The van der Waals surface area contributed by atoms with Gasteiger partial charge in [-0.2, -0.15) is 5.10 Å². The standard InChI is InChI=1S/C20H21Cl2N3O2/c1-20(2,3)15-7-4-13(5-8-15)19(27)23-12-18(26)25-24-11-14-6-9-16(21)10-17(14)22/h4-11H,12H2,1-3H3,(H,23,27)(H,25,26)/b24-11+. The molecular formula is C20H21Cl2N3O2. The summed E-state index contributed by atoms with van der Waals surface area (Å²) in [5.74, 6) is -0.772. The van der Waals surface area contributed by atoms with Gasteiger partial charge in [0.15, 0.2) is 0 Å². The molecule has 7 heteroatoms. The minimum Gasteiger partial charge on any atom is -0.343 e. The number of nitrogens with one attached hydrogen (secondary N) is 2. The van der Waals surface area contributed by atoms with Gasteiger partial charge in [0.25, 0.3) is 11.8 Å². The summed E-state index contributed by atoms with van der Waals surface area (Å²) in [5, 5.41) is 7.31. The predicted octanol–water partition coefficient (Wildman–Crippen LogP) is 4.17. The summed E-state index contributed by atoms with van der Waals surface area (Å²) in [6, 6.07) is 12.2. The average Bonchev–Trinajstić information content (AvgIpc) is 2.61. The summed E-state index contributed by atoms with van der Waals surface area (Å²) in [4.78, 5) is 23.9. The van der Waals surface area contributed by atoms with Crippen molar-refractivity contribution >= 4 is 41.2 Å². The molecule has 0 radical (unpaired) electrons. The summed E-state index contributed by atoms with van der Waals surface area (Å²) in [5.41, 5.74) is 4.59. The second kappa shape index (κ2) is 9.02. The van der Waals surface area contributed by atoms with Crippen molar-refractivity contribution in [2.75, 3.05) is 6.54 Å². The van der Waals surface area contributed by atoms with Gasteiger partial charge in [0.1, 0.15) is 0 Å². The highest BCUT2D eigenvalue weighted by Gasteiger charge is 2.14. The van der Waals surface area contributed by atoms with Crippen LogP contribution in [-0.2, 0) is 10.2 Å². The van der Waals surface area contributed by atoms with Crippen LogP contribution in [0, 0.1) is 0 Å². The molecule has 142 valence electrons. The predicted molar refractivity (Wildman–Crippen MR) is 110 cm³/mol. The molecule has 27 heavy (non-hydrogen) atoms. The lowest BCUT2D eigenvalue weighted by Gasteiger charge is -2.19. The number of hydrazone groups is 1. The van der Waals surface area contributed by atoms with Gasteiger partial charge >= 0.3 is 0 Å². The lowest BCUT2D eigenvalue weighted by atomic mass is 9.87. The van der Waals surface area contributed by atoms with Crippen molar-refractivity contribution in [1.29, 1.82) is 0 Å². The van der Waals surface area contributed by atoms with E-state index in [0.29, 0.717) is 21.2 Å². The maximum absolute atomic E-state index is 12.1. The number of halogens is 2. The number of hydrogen-bond donors (Lipinski definition) is 2. The molecule has 0 atom stereocenters. The minimum absolute atomic E-state index is 0.0138. The van der Waals surface area contributed by atoms with Gasteiger partial charge in [-0.25, -0.2) is 5.43 Å². The highest BCUT2D eigenvalue weighted by molar-refractivity contribution is 6.36. The van der Waals surface area contributed by atoms with E-state index >= 15 is 0 Å². The highest BCUT2D eigenvalue weighted by atomic mass is 35.5. The van der Waals surface area contributed by atoms with E-state index in [1.807, 2.05) is 12.1 Å². The molecule has 0 saturated heterocycles.